The second-order valence-electron chi connectivity index (χ2n) is 4.73. The van der Waals surface area contributed by atoms with Crippen LogP contribution < -0.4 is 24.2 Å². The number of amides is 2. The molecule has 142 valence electrons. The number of rotatable bonds is 6. The summed E-state index contributed by atoms with van der Waals surface area (Å²) in [5.74, 6) is 2.64. The Kier molecular flexibility index (Phi) is 6.64. The summed E-state index contributed by atoms with van der Waals surface area (Å²) in [6.45, 7) is 0. The topological polar surface area (TPSA) is 132 Å². The predicted molar refractivity (Wildman–Crippen MR) is 99.0 cm³/mol. The van der Waals surface area contributed by atoms with Crippen LogP contribution in [0.2, 0.25) is 0 Å². The number of carbonyl (C=O) groups excluding carboxylic acids is 1. The average Bonchev–Trinajstić information content (AvgIpc) is 2.62. The molecule has 0 aliphatic heterocycles. The summed E-state index contributed by atoms with van der Waals surface area (Å²) in [6, 6.07) is 6.35. The lowest BCUT2D eigenvalue weighted by atomic mass is 10.2. The molecule has 2 amide bonds. The summed E-state index contributed by atoms with van der Waals surface area (Å²) in [7, 11) is -1.47. The lowest BCUT2D eigenvalue weighted by molar-refractivity contribution is 0.256. The molecular formula is C15H14ClN5O5S. The Morgan fingerprint density at radius 1 is 1.11 bits per heavy atom. The van der Waals surface area contributed by atoms with Crippen molar-refractivity contribution in [3.05, 3.63) is 35.9 Å². The highest BCUT2D eigenvalue weighted by Gasteiger charge is 2.16. The van der Waals surface area contributed by atoms with E-state index in [0.29, 0.717) is 5.56 Å². The number of nitrogens with one attached hydrogen (secondary N) is 3. The zero-order valence-electron chi connectivity index (χ0n) is 14.1. The van der Waals surface area contributed by atoms with E-state index in [2.05, 4.69) is 31.3 Å². The number of hydrogen-bond donors (Lipinski definition) is 3. The Morgan fingerprint density at radius 3 is 2.22 bits per heavy atom. The van der Waals surface area contributed by atoms with Crippen LogP contribution in [0.3, 0.4) is 0 Å². The van der Waals surface area contributed by atoms with E-state index < -0.39 is 16.2 Å². The Hall–Kier alpha value is -3.23. The van der Waals surface area contributed by atoms with E-state index in [-0.39, 0.29) is 23.4 Å². The van der Waals surface area contributed by atoms with Crippen molar-refractivity contribution >= 4 is 39.5 Å². The highest BCUT2D eigenvalue weighted by molar-refractivity contribution is 7.91. The number of aromatic nitrogens is 2. The van der Waals surface area contributed by atoms with Crippen molar-refractivity contribution in [2.45, 2.75) is 0 Å². The van der Waals surface area contributed by atoms with Gasteiger partial charge in [0.05, 0.1) is 26.0 Å². The normalized spacial score (nSPS) is 10.2. The maximum Gasteiger partial charge on any atom is 0.336 e. The summed E-state index contributed by atoms with van der Waals surface area (Å²) in [4.78, 5) is 19.6. The van der Waals surface area contributed by atoms with E-state index >= 15 is 0 Å². The lowest BCUT2D eigenvalue weighted by Gasteiger charge is -2.11. The maximum atomic E-state index is 12.0. The molecule has 1 aromatic carbocycles. The Bertz CT molecular complexity index is 964. The second kappa shape index (κ2) is 8.93. The third-order valence-corrected chi connectivity index (χ3v) is 3.93. The quantitative estimate of drug-likeness (QED) is 0.614. The van der Waals surface area contributed by atoms with Crippen LogP contribution in [0.4, 0.5) is 16.4 Å². The fourth-order valence-electron chi connectivity index (χ4n) is 1.77. The molecule has 0 atom stereocenters. The van der Waals surface area contributed by atoms with Gasteiger partial charge in [0, 0.05) is 10.9 Å². The molecule has 27 heavy (non-hydrogen) atoms. The molecule has 0 radical (unpaired) electrons. The number of hydrogen-bond acceptors (Lipinski definition) is 7. The van der Waals surface area contributed by atoms with Gasteiger partial charge in [-0.2, -0.15) is 18.4 Å². The fourth-order valence-corrected chi connectivity index (χ4v) is 2.68. The van der Waals surface area contributed by atoms with Crippen molar-refractivity contribution in [3.8, 4) is 23.1 Å². The monoisotopic (exact) mass is 411 g/mol. The molecule has 0 fully saturated rings. The van der Waals surface area contributed by atoms with Gasteiger partial charge in [-0.1, -0.05) is 0 Å². The van der Waals surface area contributed by atoms with Crippen LogP contribution in [0.25, 0.3) is 0 Å². The molecule has 0 saturated heterocycles. The van der Waals surface area contributed by atoms with Gasteiger partial charge in [0.2, 0.25) is 17.7 Å². The predicted octanol–water partition coefficient (Wildman–Crippen LogP) is 1.52. The van der Waals surface area contributed by atoms with Crippen LogP contribution in [0.5, 0.6) is 11.8 Å². The number of nitrogens with zero attached hydrogens (tertiary/aromatic N) is 2. The van der Waals surface area contributed by atoms with Crippen LogP contribution in [0, 0.1) is 11.3 Å². The molecule has 0 saturated carbocycles. The zero-order valence-corrected chi connectivity index (χ0v) is 15.7. The number of urea groups is 1. The van der Waals surface area contributed by atoms with Crippen LogP contribution in [-0.2, 0) is 10.2 Å². The van der Waals surface area contributed by atoms with Gasteiger partial charge in [0.15, 0.2) is 0 Å². The summed E-state index contributed by atoms with van der Waals surface area (Å²) in [5, 5.41) is 4.38. The van der Waals surface area contributed by atoms with Crippen molar-refractivity contribution < 1.29 is 22.7 Å². The first-order chi connectivity index (χ1) is 12.8. The van der Waals surface area contributed by atoms with E-state index in [0.717, 1.165) is 0 Å². The molecule has 2 rings (SSSR count). The van der Waals surface area contributed by atoms with Crippen molar-refractivity contribution in [3.63, 3.8) is 0 Å². The minimum absolute atomic E-state index is 0.123. The standard InChI is InChI=1S/C15H14ClN5O5S/c1-25-12-9-13(26-2)18-14(17-12)19-15(22)21-27(23,24)20-11-5-3-10(4-6-11)7-8-16/h3-6,9,20H,1-2H3,(H2,17,18,19,21,22). The summed E-state index contributed by atoms with van der Waals surface area (Å²) >= 11 is 5.29. The smallest absolute Gasteiger partial charge is 0.336 e. The molecule has 2 aromatic rings. The third-order valence-electron chi connectivity index (χ3n) is 2.88. The fraction of sp³-hybridized carbons (Fsp3) is 0.133. The molecule has 0 aliphatic carbocycles. The Labute approximate surface area is 160 Å². The number of ether oxygens (including phenoxy) is 2. The van der Waals surface area contributed by atoms with E-state index in [1.807, 2.05) is 0 Å². The van der Waals surface area contributed by atoms with Crippen molar-refractivity contribution in [2.24, 2.45) is 0 Å². The van der Waals surface area contributed by atoms with Gasteiger partial charge in [-0.05, 0) is 41.8 Å². The third kappa shape index (κ3) is 6.21. The Morgan fingerprint density at radius 2 is 1.70 bits per heavy atom. The van der Waals surface area contributed by atoms with E-state index in [1.54, 1.807) is 16.9 Å². The zero-order chi connectivity index (χ0) is 19.9. The van der Waals surface area contributed by atoms with E-state index in [1.165, 1.54) is 32.4 Å². The lowest BCUT2D eigenvalue weighted by Crippen LogP contribution is -2.38. The number of carbonyl (C=O) groups is 1. The second-order valence-corrected chi connectivity index (χ2v) is 6.34. The highest BCUT2D eigenvalue weighted by atomic mass is 35.5. The van der Waals surface area contributed by atoms with Gasteiger partial charge >= 0.3 is 16.2 Å². The van der Waals surface area contributed by atoms with Crippen LogP contribution in [-0.4, -0.2) is 38.6 Å². The van der Waals surface area contributed by atoms with Gasteiger partial charge in [0.25, 0.3) is 0 Å². The first kappa shape index (κ1) is 20.1. The van der Waals surface area contributed by atoms with Gasteiger partial charge in [-0.3, -0.25) is 10.0 Å². The first-order valence-corrected chi connectivity index (χ1v) is 9.01. The van der Waals surface area contributed by atoms with E-state index in [9.17, 15) is 13.2 Å². The largest absolute Gasteiger partial charge is 0.481 e. The van der Waals surface area contributed by atoms with Crippen molar-refractivity contribution in [2.75, 3.05) is 24.3 Å². The molecule has 0 spiro atoms. The number of halogens is 1. The van der Waals surface area contributed by atoms with E-state index in [4.69, 9.17) is 21.1 Å². The summed E-state index contributed by atoms with van der Waals surface area (Å²) < 4.78 is 37.9. The summed E-state index contributed by atoms with van der Waals surface area (Å²) in [5.41, 5.74) is 0.817. The molecule has 12 heteroatoms. The molecule has 10 nitrogen and oxygen atoms in total. The van der Waals surface area contributed by atoms with Crippen molar-refractivity contribution in [1.29, 1.82) is 0 Å². The van der Waals surface area contributed by atoms with Crippen LogP contribution in [0.1, 0.15) is 5.56 Å². The molecular weight excluding hydrogens is 398 g/mol. The number of anilines is 2. The molecule has 0 unspecified atom stereocenters. The number of benzene rings is 1. The highest BCUT2D eigenvalue weighted by Crippen LogP contribution is 2.17. The van der Waals surface area contributed by atoms with Crippen molar-refractivity contribution in [1.82, 2.24) is 14.7 Å². The maximum absolute atomic E-state index is 12.0. The van der Waals surface area contributed by atoms with Gasteiger partial charge < -0.3 is 9.47 Å². The van der Waals surface area contributed by atoms with Gasteiger partial charge in [0.1, 0.15) is 0 Å². The minimum Gasteiger partial charge on any atom is -0.481 e. The molecule has 1 aromatic heterocycles. The van der Waals surface area contributed by atoms with Crippen LogP contribution >= 0.6 is 11.6 Å². The number of methoxy groups -OCH3 is 2. The molecule has 0 bridgehead atoms. The molecule has 3 N–H and O–H groups in total. The molecule has 1 heterocycles. The van der Waals surface area contributed by atoms with Gasteiger partial charge in [-0.25, -0.2) is 9.52 Å². The van der Waals surface area contributed by atoms with Gasteiger partial charge in [-0.15, -0.1) is 0 Å². The minimum atomic E-state index is -4.20. The van der Waals surface area contributed by atoms with Crippen LogP contribution in [0.15, 0.2) is 30.3 Å². The average molecular weight is 412 g/mol. The summed E-state index contributed by atoms with van der Waals surface area (Å²) in [6.07, 6.45) is 0. The molecule has 0 aliphatic rings. The first-order valence-electron chi connectivity index (χ1n) is 7.15. The Balaban J connectivity index is 2.04. The SMILES string of the molecule is COc1cc(OC)nc(NC(=O)NS(=O)(=O)Nc2ccc(C#CCl)cc2)n1.